The molecule has 162 valence electrons. The molecule has 0 heterocycles. The van der Waals surface area contributed by atoms with Crippen LogP contribution in [0.5, 0.6) is 0 Å². The Balaban J connectivity index is 3.10. The molecule has 0 bridgehead atoms. The summed E-state index contributed by atoms with van der Waals surface area (Å²) in [4.78, 5) is 0. The van der Waals surface area contributed by atoms with Gasteiger partial charge >= 0.3 is 0 Å². The number of rotatable bonds is 7. The van der Waals surface area contributed by atoms with E-state index >= 15 is 0 Å². The summed E-state index contributed by atoms with van der Waals surface area (Å²) < 4.78 is 6.81. The van der Waals surface area contributed by atoms with Crippen molar-refractivity contribution in [2.24, 2.45) is 5.41 Å². The maximum absolute atomic E-state index is 6.81. The third-order valence-electron chi connectivity index (χ3n) is 6.52. The molecule has 2 heteroatoms. The lowest BCUT2D eigenvalue weighted by molar-refractivity contribution is 0.168. The molecule has 1 nitrogen and oxygen atoms in total. The average Bonchev–Trinajstić information content (AvgIpc) is 2.56. The lowest BCUT2D eigenvalue weighted by Gasteiger charge is -2.44. The highest BCUT2D eigenvalue weighted by atomic mass is 28.4. The van der Waals surface area contributed by atoms with E-state index in [4.69, 9.17) is 4.43 Å². The van der Waals surface area contributed by atoms with Crippen LogP contribution in [0.1, 0.15) is 68.2 Å². The minimum absolute atomic E-state index is 0.188. The van der Waals surface area contributed by atoms with Crippen molar-refractivity contribution in [1.29, 1.82) is 0 Å². The van der Waals surface area contributed by atoms with Crippen molar-refractivity contribution in [2.75, 3.05) is 0 Å². The van der Waals surface area contributed by atoms with Gasteiger partial charge in [0.25, 0.3) is 0 Å². The fourth-order valence-electron chi connectivity index (χ4n) is 3.45. The average molecular weight is 413 g/mol. The van der Waals surface area contributed by atoms with Crippen LogP contribution in [0.25, 0.3) is 0 Å². The van der Waals surface area contributed by atoms with E-state index in [1.807, 2.05) is 12.2 Å². The summed E-state index contributed by atoms with van der Waals surface area (Å²) in [5.41, 5.74) is 5.48. The molecule has 0 aromatic rings. The van der Waals surface area contributed by atoms with Gasteiger partial charge in [-0.2, -0.15) is 0 Å². The SMILES string of the molecule is C=C/C=C(C)/C=C/C=C(C)/C=C/C1=C(C)C(O[Si](C)(C)C(C)(C)C)CCC1(C)C. The molecule has 0 amide bonds. The maximum Gasteiger partial charge on any atom is 0.192 e. The highest BCUT2D eigenvalue weighted by Crippen LogP contribution is 2.45. The molecule has 1 unspecified atom stereocenters. The highest BCUT2D eigenvalue weighted by molar-refractivity contribution is 6.74. The summed E-state index contributed by atoms with van der Waals surface area (Å²) >= 11 is 0. The minimum Gasteiger partial charge on any atom is -0.410 e. The third kappa shape index (κ3) is 7.42. The van der Waals surface area contributed by atoms with E-state index < -0.39 is 8.32 Å². The Bertz CT molecular complexity index is 733. The van der Waals surface area contributed by atoms with Gasteiger partial charge in [0.15, 0.2) is 8.32 Å². The van der Waals surface area contributed by atoms with Gasteiger partial charge in [-0.15, -0.1) is 0 Å². The van der Waals surface area contributed by atoms with E-state index in [0.717, 1.165) is 12.8 Å². The number of hydrogen-bond acceptors (Lipinski definition) is 1. The van der Waals surface area contributed by atoms with Crippen molar-refractivity contribution >= 4 is 8.32 Å². The largest absolute Gasteiger partial charge is 0.410 e. The molecule has 0 aromatic heterocycles. The fourth-order valence-corrected chi connectivity index (χ4v) is 4.81. The molecular weight excluding hydrogens is 368 g/mol. The van der Waals surface area contributed by atoms with E-state index in [1.165, 1.54) is 22.3 Å². The van der Waals surface area contributed by atoms with Gasteiger partial charge in [0.1, 0.15) is 0 Å². The maximum atomic E-state index is 6.81. The quantitative estimate of drug-likeness (QED) is 0.300. The first-order chi connectivity index (χ1) is 13.2. The normalized spacial score (nSPS) is 22.1. The van der Waals surface area contributed by atoms with Gasteiger partial charge in [-0.25, -0.2) is 0 Å². The highest BCUT2D eigenvalue weighted by Gasteiger charge is 2.41. The lowest BCUT2D eigenvalue weighted by Crippen LogP contribution is -2.45. The van der Waals surface area contributed by atoms with Crippen LogP contribution >= 0.6 is 0 Å². The third-order valence-corrected chi connectivity index (χ3v) is 11.0. The molecular formula is C27H44OSi. The molecule has 0 spiro atoms. The summed E-state index contributed by atoms with van der Waals surface area (Å²) in [5.74, 6) is 0. The van der Waals surface area contributed by atoms with Crippen LogP contribution in [0.2, 0.25) is 18.1 Å². The van der Waals surface area contributed by atoms with E-state index in [1.54, 1.807) is 0 Å². The van der Waals surface area contributed by atoms with Crippen molar-refractivity contribution in [3.05, 3.63) is 71.4 Å². The van der Waals surface area contributed by atoms with Crippen LogP contribution in [-0.4, -0.2) is 14.4 Å². The second kappa shape index (κ2) is 10.1. The lowest BCUT2D eigenvalue weighted by atomic mass is 9.71. The molecule has 0 fully saturated rings. The second-order valence-corrected chi connectivity index (χ2v) is 15.4. The van der Waals surface area contributed by atoms with Gasteiger partial charge in [-0.1, -0.05) is 94.9 Å². The summed E-state index contributed by atoms with van der Waals surface area (Å²) in [6, 6.07) is 0. The predicted octanol–water partition coefficient (Wildman–Crippen LogP) is 8.70. The Morgan fingerprint density at radius 1 is 1.10 bits per heavy atom. The molecule has 0 radical (unpaired) electrons. The fraction of sp³-hybridized carbons (Fsp3) is 0.556. The Labute approximate surface area is 182 Å². The molecule has 0 aliphatic heterocycles. The standard InChI is InChI=1S/C27H44OSi/c1-12-14-21(2)15-13-16-22(3)17-18-24-23(4)25(19-20-27(24,8)9)28-29(10,11)26(5,6)7/h12-18,25H,1,19-20H2,2-11H3/b15-13+,18-17+,21-14+,22-16+. The van der Waals surface area contributed by atoms with Gasteiger partial charge in [-0.05, 0) is 68.3 Å². The van der Waals surface area contributed by atoms with Crippen LogP contribution in [0.3, 0.4) is 0 Å². The van der Waals surface area contributed by atoms with Gasteiger partial charge in [0, 0.05) is 0 Å². The summed E-state index contributed by atoms with van der Waals surface area (Å²) in [6.07, 6.45) is 17.3. The Hall–Kier alpha value is -1.38. The predicted molar refractivity (Wildman–Crippen MR) is 134 cm³/mol. The van der Waals surface area contributed by atoms with Gasteiger partial charge in [-0.3, -0.25) is 0 Å². The van der Waals surface area contributed by atoms with E-state index in [-0.39, 0.29) is 16.6 Å². The molecule has 0 N–H and O–H groups in total. The first-order valence-corrected chi connectivity index (χ1v) is 13.8. The monoisotopic (exact) mass is 412 g/mol. The zero-order valence-electron chi connectivity index (χ0n) is 20.6. The van der Waals surface area contributed by atoms with Crippen molar-refractivity contribution in [1.82, 2.24) is 0 Å². The van der Waals surface area contributed by atoms with Crippen molar-refractivity contribution < 1.29 is 4.43 Å². The smallest absolute Gasteiger partial charge is 0.192 e. The summed E-state index contributed by atoms with van der Waals surface area (Å²) in [5, 5.41) is 0.236. The van der Waals surface area contributed by atoms with Crippen molar-refractivity contribution in [3.8, 4) is 0 Å². The Morgan fingerprint density at radius 3 is 2.24 bits per heavy atom. The number of hydrogen-bond donors (Lipinski definition) is 0. The first-order valence-electron chi connectivity index (χ1n) is 10.9. The van der Waals surface area contributed by atoms with Crippen LogP contribution < -0.4 is 0 Å². The zero-order valence-corrected chi connectivity index (χ0v) is 21.6. The van der Waals surface area contributed by atoms with Gasteiger partial charge < -0.3 is 4.43 Å². The van der Waals surface area contributed by atoms with Crippen LogP contribution in [0, 0.1) is 5.41 Å². The molecule has 1 aliphatic carbocycles. The molecule has 1 rings (SSSR count). The Kier molecular flexibility index (Phi) is 8.92. The van der Waals surface area contributed by atoms with E-state index in [2.05, 4.69) is 105 Å². The second-order valence-electron chi connectivity index (χ2n) is 10.6. The van der Waals surface area contributed by atoms with Gasteiger partial charge in [0.2, 0.25) is 0 Å². The summed E-state index contributed by atoms with van der Waals surface area (Å²) in [6.45, 7) is 26.7. The topological polar surface area (TPSA) is 9.23 Å². The molecule has 29 heavy (non-hydrogen) atoms. The number of allylic oxidation sites excluding steroid dienone is 10. The molecule has 0 saturated carbocycles. The zero-order chi connectivity index (χ0) is 22.5. The minimum atomic E-state index is -1.78. The molecule has 0 aromatic carbocycles. The summed E-state index contributed by atoms with van der Waals surface area (Å²) in [7, 11) is -1.78. The van der Waals surface area contributed by atoms with Crippen molar-refractivity contribution in [3.63, 3.8) is 0 Å². The van der Waals surface area contributed by atoms with E-state index in [0.29, 0.717) is 0 Å². The van der Waals surface area contributed by atoms with Gasteiger partial charge in [0.05, 0.1) is 6.10 Å². The first kappa shape index (κ1) is 25.7. The molecule has 1 atom stereocenters. The van der Waals surface area contributed by atoms with E-state index in [9.17, 15) is 0 Å². The molecule has 1 aliphatic rings. The van der Waals surface area contributed by atoms with Crippen LogP contribution in [0.15, 0.2) is 71.4 Å². The van der Waals surface area contributed by atoms with Crippen LogP contribution in [0.4, 0.5) is 0 Å². The Morgan fingerprint density at radius 2 is 1.69 bits per heavy atom. The van der Waals surface area contributed by atoms with Crippen molar-refractivity contribution in [2.45, 2.75) is 92.5 Å². The van der Waals surface area contributed by atoms with Crippen LogP contribution in [-0.2, 0) is 4.43 Å². The molecule has 0 saturated heterocycles.